The Morgan fingerprint density at radius 1 is 1.48 bits per heavy atom. The minimum atomic E-state index is -3.82. The highest BCUT2D eigenvalue weighted by Crippen LogP contribution is 2.26. The molecule has 21 heavy (non-hydrogen) atoms. The van der Waals surface area contributed by atoms with Crippen LogP contribution in [0.25, 0.3) is 0 Å². The molecule has 0 spiro atoms. The lowest BCUT2D eigenvalue weighted by molar-refractivity contribution is 0.579. The molecule has 0 radical (unpaired) electrons. The number of benzene rings is 1. The molecule has 0 fully saturated rings. The van der Waals surface area contributed by atoms with Gasteiger partial charge in [-0.05, 0) is 35.0 Å². The fourth-order valence-electron chi connectivity index (χ4n) is 1.72. The van der Waals surface area contributed by atoms with E-state index in [0.717, 1.165) is 23.4 Å². The van der Waals surface area contributed by atoms with Gasteiger partial charge < -0.3 is 5.73 Å². The van der Waals surface area contributed by atoms with Crippen LogP contribution in [-0.4, -0.2) is 18.2 Å². The Morgan fingerprint density at radius 3 is 2.71 bits per heavy atom. The van der Waals surface area contributed by atoms with Gasteiger partial charge in [0.25, 0.3) is 0 Å². The van der Waals surface area contributed by atoms with Crippen LogP contribution in [0.5, 0.6) is 0 Å². The molecule has 0 saturated heterocycles. The van der Waals surface area contributed by atoms with Crippen molar-refractivity contribution in [2.24, 2.45) is 7.05 Å². The van der Waals surface area contributed by atoms with Crippen LogP contribution in [-0.2, 0) is 23.6 Å². The van der Waals surface area contributed by atoms with E-state index in [1.54, 1.807) is 17.9 Å². The van der Waals surface area contributed by atoms with Crippen LogP contribution >= 0.6 is 15.9 Å². The number of aryl methyl sites for hydroxylation is 1. The third-order valence-electron chi connectivity index (χ3n) is 3.13. The second-order valence-electron chi connectivity index (χ2n) is 4.51. The van der Waals surface area contributed by atoms with Gasteiger partial charge in [-0.1, -0.05) is 0 Å². The van der Waals surface area contributed by atoms with Crippen molar-refractivity contribution < 1.29 is 12.8 Å². The van der Waals surface area contributed by atoms with E-state index in [9.17, 15) is 12.8 Å². The van der Waals surface area contributed by atoms with Crippen LogP contribution in [0.15, 0.2) is 27.7 Å². The quantitative estimate of drug-likeness (QED) is 0.794. The Labute approximate surface area is 130 Å². The SMILES string of the molecule is Cc1c(CNS(=O)(=O)c2cc(N)c(F)cc2Br)cnn1C. The highest BCUT2D eigenvalue weighted by molar-refractivity contribution is 9.10. The van der Waals surface area contributed by atoms with Gasteiger partial charge in [-0.3, -0.25) is 4.68 Å². The average Bonchev–Trinajstić information content (AvgIpc) is 2.72. The first-order chi connectivity index (χ1) is 9.72. The van der Waals surface area contributed by atoms with Crippen LogP contribution in [0.2, 0.25) is 0 Å². The zero-order chi connectivity index (χ0) is 15.8. The molecule has 0 atom stereocenters. The summed E-state index contributed by atoms with van der Waals surface area (Å²) in [5.74, 6) is -0.677. The zero-order valence-electron chi connectivity index (χ0n) is 11.4. The predicted molar refractivity (Wildman–Crippen MR) is 80.5 cm³/mol. The van der Waals surface area contributed by atoms with Crippen LogP contribution < -0.4 is 10.5 Å². The van der Waals surface area contributed by atoms with Crippen molar-refractivity contribution in [1.29, 1.82) is 0 Å². The van der Waals surface area contributed by atoms with E-state index in [1.165, 1.54) is 0 Å². The second kappa shape index (κ2) is 5.74. The number of sulfonamides is 1. The molecular formula is C12H14BrFN4O2S. The molecule has 0 saturated carbocycles. The fourth-order valence-corrected chi connectivity index (χ4v) is 3.77. The summed E-state index contributed by atoms with van der Waals surface area (Å²) >= 11 is 3.03. The lowest BCUT2D eigenvalue weighted by atomic mass is 10.3. The number of nitrogens with zero attached hydrogens (tertiary/aromatic N) is 2. The third kappa shape index (κ3) is 3.25. The average molecular weight is 377 g/mol. The molecule has 0 unspecified atom stereocenters. The smallest absolute Gasteiger partial charge is 0.242 e. The van der Waals surface area contributed by atoms with Crippen LogP contribution in [0.1, 0.15) is 11.3 Å². The molecule has 9 heteroatoms. The van der Waals surface area contributed by atoms with Gasteiger partial charge in [0.05, 0.1) is 16.8 Å². The molecule has 1 aromatic carbocycles. The number of nitrogens with one attached hydrogen (secondary N) is 1. The van der Waals surface area contributed by atoms with Crippen molar-refractivity contribution in [3.8, 4) is 0 Å². The molecule has 6 nitrogen and oxygen atoms in total. The normalized spacial score (nSPS) is 11.8. The van der Waals surface area contributed by atoms with Gasteiger partial charge in [0, 0.05) is 29.3 Å². The molecular weight excluding hydrogens is 363 g/mol. The highest BCUT2D eigenvalue weighted by Gasteiger charge is 2.20. The van der Waals surface area contributed by atoms with Crippen LogP contribution in [0.3, 0.4) is 0 Å². The number of nitrogens with two attached hydrogens (primary N) is 1. The molecule has 0 aliphatic carbocycles. The monoisotopic (exact) mass is 376 g/mol. The van der Waals surface area contributed by atoms with Crippen molar-refractivity contribution >= 4 is 31.6 Å². The third-order valence-corrected chi connectivity index (χ3v) is 5.49. The molecule has 1 aromatic heterocycles. The summed E-state index contributed by atoms with van der Waals surface area (Å²) in [6.07, 6.45) is 1.59. The molecule has 2 rings (SSSR count). The molecule has 114 valence electrons. The van der Waals surface area contributed by atoms with Gasteiger partial charge in [-0.2, -0.15) is 5.10 Å². The number of nitrogen functional groups attached to an aromatic ring is 1. The van der Waals surface area contributed by atoms with Gasteiger partial charge in [0.1, 0.15) is 5.82 Å². The van der Waals surface area contributed by atoms with Gasteiger partial charge in [-0.25, -0.2) is 17.5 Å². The molecule has 0 aliphatic rings. The van der Waals surface area contributed by atoms with Crippen LogP contribution in [0, 0.1) is 12.7 Å². The summed E-state index contributed by atoms with van der Waals surface area (Å²) in [5.41, 5.74) is 6.81. The maximum absolute atomic E-state index is 13.3. The standard InChI is InChI=1S/C12H14BrFN4O2S/c1-7-8(5-16-18(7)2)6-17-21(19,20)12-4-11(15)10(14)3-9(12)13/h3-5,17H,6,15H2,1-2H3. The Morgan fingerprint density at radius 2 is 2.14 bits per heavy atom. The van der Waals surface area contributed by atoms with E-state index in [-0.39, 0.29) is 21.6 Å². The maximum atomic E-state index is 13.3. The topological polar surface area (TPSA) is 90.0 Å². The van der Waals surface area contributed by atoms with E-state index in [4.69, 9.17) is 5.73 Å². The van der Waals surface area contributed by atoms with Gasteiger partial charge in [0.15, 0.2) is 0 Å². The van der Waals surface area contributed by atoms with E-state index in [0.29, 0.717) is 0 Å². The van der Waals surface area contributed by atoms with Crippen molar-refractivity contribution in [3.05, 3.63) is 39.9 Å². The summed E-state index contributed by atoms with van der Waals surface area (Å²) < 4.78 is 42.0. The van der Waals surface area contributed by atoms with E-state index < -0.39 is 15.8 Å². The van der Waals surface area contributed by atoms with Crippen molar-refractivity contribution in [3.63, 3.8) is 0 Å². The van der Waals surface area contributed by atoms with E-state index in [2.05, 4.69) is 25.8 Å². The Balaban J connectivity index is 2.27. The first kappa shape index (κ1) is 15.9. The van der Waals surface area contributed by atoms with E-state index >= 15 is 0 Å². The summed E-state index contributed by atoms with van der Waals surface area (Å²) in [6, 6.07) is 2.11. The number of aromatic nitrogens is 2. The summed E-state index contributed by atoms with van der Waals surface area (Å²) in [7, 11) is -2.05. The van der Waals surface area contributed by atoms with E-state index in [1.807, 2.05) is 6.92 Å². The second-order valence-corrected chi connectivity index (χ2v) is 7.10. The number of hydrogen-bond acceptors (Lipinski definition) is 4. The first-order valence-corrected chi connectivity index (χ1v) is 8.21. The summed E-state index contributed by atoms with van der Waals surface area (Å²) in [4.78, 5) is -0.108. The number of halogens is 2. The predicted octanol–water partition coefficient (Wildman–Crippen LogP) is 1.69. The largest absolute Gasteiger partial charge is 0.396 e. The lowest BCUT2D eigenvalue weighted by Gasteiger charge is -2.09. The van der Waals surface area contributed by atoms with Gasteiger partial charge >= 0.3 is 0 Å². The molecule has 0 bridgehead atoms. The molecule has 3 N–H and O–H groups in total. The summed E-state index contributed by atoms with van der Waals surface area (Å²) in [5, 5.41) is 4.04. The van der Waals surface area contributed by atoms with Crippen molar-refractivity contribution in [2.75, 3.05) is 5.73 Å². The molecule has 2 aromatic rings. The maximum Gasteiger partial charge on any atom is 0.242 e. The Kier molecular flexibility index (Phi) is 4.35. The Hall–Kier alpha value is -1.45. The number of rotatable bonds is 4. The molecule has 0 amide bonds. The van der Waals surface area contributed by atoms with Gasteiger partial charge in [0.2, 0.25) is 10.0 Å². The Bertz CT molecular complexity index is 789. The van der Waals surface area contributed by atoms with Gasteiger partial charge in [-0.15, -0.1) is 0 Å². The van der Waals surface area contributed by atoms with Crippen molar-refractivity contribution in [2.45, 2.75) is 18.4 Å². The molecule has 1 heterocycles. The fraction of sp³-hybridized carbons (Fsp3) is 0.250. The summed E-state index contributed by atoms with van der Waals surface area (Å²) in [6.45, 7) is 1.92. The number of anilines is 1. The number of hydrogen-bond donors (Lipinski definition) is 2. The minimum Gasteiger partial charge on any atom is -0.396 e. The van der Waals surface area contributed by atoms with Crippen molar-refractivity contribution in [1.82, 2.24) is 14.5 Å². The minimum absolute atomic E-state index is 0.0890. The highest BCUT2D eigenvalue weighted by atomic mass is 79.9. The molecule has 0 aliphatic heterocycles. The first-order valence-electron chi connectivity index (χ1n) is 5.94. The lowest BCUT2D eigenvalue weighted by Crippen LogP contribution is -2.24. The van der Waals surface area contributed by atoms with Crippen LogP contribution in [0.4, 0.5) is 10.1 Å². The zero-order valence-corrected chi connectivity index (χ0v) is 13.8.